The minimum Gasteiger partial charge on any atom is -0.354 e. The van der Waals surface area contributed by atoms with E-state index in [0.29, 0.717) is 5.56 Å². The van der Waals surface area contributed by atoms with Gasteiger partial charge in [-0.1, -0.05) is 6.07 Å². The Morgan fingerprint density at radius 1 is 1.24 bits per heavy atom. The van der Waals surface area contributed by atoms with E-state index in [1.165, 1.54) is 26.4 Å². The Bertz CT molecular complexity index is 384. The number of rotatable bonds is 5. The van der Waals surface area contributed by atoms with E-state index >= 15 is 0 Å². The topological polar surface area (TPSA) is 56.5 Å². The van der Waals surface area contributed by atoms with Crippen LogP contribution in [0.3, 0.4) is 0 Å². The molecule has 0 spiro atoms. The molecule has 0 bridgehead atoms. The number of hydrogen-bond acceptors (Lipinski definition) is 4. The summed E-state index contributed by atoms with van der Waals surface area (Å²) in [5.74, 6) is 3.94. The number of ether oxygens (including phenoxy) is 2. The van der Waals surface area contributed by atoms with Crippen LogP contribution in [0.4, 0.5) is 8.78 Å². The quantitative estimate of drug-likeness (QED) is 0.468. The number of nitrogens with two attached hydrogens (primary N) is 1. The van der Waals surface area contributed by atoms with Crippen molar-refractivity contribution in [2.75, 3.05) is 14.2 Å². The second-order valence-corrected chi connectivity index (χ2v) is 3.58. The Morgan fingerprint density at radius 3 is 2.29 bits per heavy atom. The first-order valence-corrected chi connectivity index (χ1v) is 5.03. The van der Waals surface area contributed by atoms with Gasteiger partial charge in [0.15, 0.2) is 6.29 Å². The van der Waals surface area contributed by atoms with Crippen molar-refractivity contribution in [2.24, 2.45) is 5.84 Å². The molecule has 1 rings (SSSR count). The fraction of sp³-hybridized carbons (Fsp3) is 0.455. The number of aryl methyl sites for hydroxylation is 1. The minimum absolute atomic E-state index is 0.193. The molecule has 0 fully saturated rings. The number of benzene rings is 1. The Kier molecular flexibility index (Phi) is 4.95. The van der Waals surface area contributed by atoms with Gasteiger partial charge in [0.25, 0.3) is 0 Å². The normalized spacial score (nSPS) is 13.1. The largest absolute Gasteiger partial charge is 0.354 e. The summed E-state index contributed by atoms with van der Waals surface area (Å²) < 4.78 is 37.5. The van der Waals surface area contributed by atoms with Crippen LogP contribution >= 0.6 is 0 Å². The molecule has 0 radical (unpaired) electrons. The molecule has 96 valence electrons. The maximum Gasteiger partial charge on any atom is 0.177 e. The van der Waals surface area contributed by atoms with E-state index in [0.717, 1.165) is 0 Å². The van der Waals surface area contributed by atoms with Gasteiger partial charge in [-0.05, 0) is 18.6 Å². The first-order chi connectivity index (χ1) is 8.06. The maximum absolute atomic E-state index is 13.9. The van der Waals surface area contributed by atoms with E-state index in [9.17, 15) is 8.78 Å². The highest BCUT2D eigenvalue weighted by Crippen LogP contribution is 2.26. The molecular formula is C11H16F2N2O2. The van der Waals surface area contributed by atoms with Crippen molar-refractivity contribution in [2.45, 2.75) is 19.3 Å². The molecule has 0 amide bonds. The van der Waals surface area contributed by atoms with Crippen LogP contribution in [0.25, 0.3) is 0 Å². The van der Waals surface area contributed by atoms with Gasteiger partial charge >= 0.3 is 0 Å². The van der Waals surface area contributed by atoms with Crippen molar-refractivity contribution in [3.63, 3.8) is 0 Å². The molecule has 0 aliphatic heterocycles. The molecule has 1 unspecified atom stereocenters. The Labute approximate surface area is 98.7 Å². The summed E-state index contributed by atoms with van der Waals surface area (Å²) in [6.45, 7) is 1.54. The van der Waals surface area contributed by atoms with Crippen molar-refractivity contribution in [1.82, 2.24) is 5.43 Å². The summed E-state index contributed by atoms with van der Waals surface area (Å²) >= 11 is 0. The van der Waals surface area contributed by atoms with Gasteiger partial charge in [0.05, 0.1) is 0 Å². The predicted molar refractivity (Wildman–Crippen MR) is 59.0 cm³/mol. The molecule has 6 heteroatoms. The predicted octanol–water partition coefficient (Wildman–Crippen LogP) is 1.40. The van der Waals surface area contributed by atoms with Crippen molar-refractivity contribution in [1.29, 1.82) is 0 Å². The van der Waals surface area contributed by atoms with Gasteiger partial charge in [-0.3, -0.25) is 5.84 Å². The van der Waals surface area contributed by atoms with Gasteiger partial charge in [0.2, 0.25) is 0 Å². The lowest BCUT2D eigenvalue weighted by molar-refractivity contribution is -0.125. The van der Waals surface area contributed by atoms with Crippen LogP contribution in [0.5, 0.6) is 0 Å². The summed E-state index contributed by atoms with van der Waals surface area (Å²) in [4.78, 5) is 0. The van der Waals surface area contributed by atoms with Gasteiger partial charge in [-0.2, -0.15) is 0 Å². The van der Waals surface area contributed by atoms with E-state index in [-0.39, 0.29) is 5.56 Å². The molecule has 0 aliphatic carbocycles. The van der Waals surface area contributed by atoms with Gasteiger partial charge < -0.3 is 9.47 Å². The molecule has 0 aliphatic rings. The number of nitrogens with one attached hydrogen (secondary N) is 1. The number of methoxy groups -OCH3 is 2. The van der Waals surface area contributed by atoms with Crippen molar-refractivity contribution >= 4 is 0 Å². The smallest absolute Gasteiger partial charge is 0.177 e. The SMILES string of the molecule is COC(OC)C(NN)c1c(F)ccc(C)c1F. The number of halogens is 2. The standard InChI is InChI=1S/C11H16F2N2O2/c1-6-4-5-7(12)8(9(6)13)10(15-14)11(16-2)17-3/h4-5,10-11,15H,14H2,1-3H3. The van der Waals surface area contributed by atoms with E-state index in [2.05, 4.69) is 5.43 Å². The number of hydrogen-bond donors (Lipinski definition) is 2. The second kappa shape index (κ2) is 6.02. The van der Waals surface area contributed by atoms with Crippen LogP contribution in [0, 0.1) is 18.6 Å². The average Bonchev–Trinajstić information content (AvgIpc) is 2.33. The van der Waals surface area contributed by atoms with Gasteiger partial charge in [-0.25, -0.2) is 14.2 Å². The van der Waals surface area contributed by atoms with Crippen molar-refractivity contribution < 1.29 is 18.3 Å². The first kappa shape index (κ1) is 14.0. The summed E-state index contributed by atoms with van der Waals surface area (Å²) in [6.07, 6.45) is -0.884. The average molecular weight is 246 g/mol. The highest BCUT2D eigenvalue weighted by atomic mass is 19.1. The maximum atomic E-state index is 13.9. The lowest BCUT2D eigenvalue weighted by atomic mass is 10.0. The van der Waals surface area contributed by atoms with Crippen LogP contribution < -0.4 is 11.3 Å². The molecular weight excluding hydrogens is 230 g/mol. The van der Waals surface area contributed by atoms with Gasteiger partial charge in [0, 0.05) is 19.8 Å². The van der Waals surface area contributed by atoms with Crippen LogP contribution in [-0.2, 0) is 9.47 Å². The van der Waals surface area contributed by atoms with Gasteiger partial charge in [0.1, 0.15) is 17.7 Å². The van der Waals surface area contributed by atoms with Crippen LogP contribution in [0.2, 0.25) is 0 Å². The monoisotopic (exact) mass is 246 g/mol. The molecule has 3 N–H and O–H groups in total. The van der Waals surface area contributed by atoms with Gasteiger partial charge in [-0.15, -0.1) is 0 Å². The first-order valence-electron chi connectivity index (χ1n) is 5.03. The molecule has 1 aromatic carbocycles. The van der Waals surface area contributed by atoms with Crippen LogP contribution in [-0.4, -0.2) is 20.5 Å². The zero-order chi connectivity index (χ0) is 13.0. The molecule has 0 saturated heterocycles. The van der Waals surface area contributed by atoms with Crippen LogP contribution in [0.1, 0.15) is 17.2 Å². The molecule has 4 nitrogen and oxygen atoms in total. The van der Waals surface area contributed by atoms with E-state index in [1.54, 1.807) is 6.92 Å². The fourth-order valence-electron chi connectivity index (χ4n) is 1.63. The Hall–Kier alpha value is -1.08. The summed E-state index contributed by atoms with van der Waals surface area (Å²) in [5.41, 5.74) is 2.43. The number of hydrazine groups is 1. The van der Waals surface area contributed by atoms with Crippen molar-refractivity contribution in [3.05, 3.63) is 34.9 Å². The zero-order valence-corrected chi connectivity index (χ0v) is 9.96. The molecule has 17 heavy (non-hydrogen) atoms. The van der Waals surface area contributed by atoms with Crippen LogP contribution in [0.15, 0.2) is 12.1 Å². The molecule has 0 aromatic heterocycles. The highest BCUT2D eigenvalue weighted by Gasteiger charge is 2.28. The highest BCUT2D eigenvalue weighted by molar-refractivity contribution is 5.29. The lowest BCUT2D eigenvalue weighted by Crippen LogP contribution is -2.39. The van der Waals surface area contributed by atoms with E-state index < -0.39 is 24.0 Å². The second-order valence-electron chi connectivity index (χ2n) is 3.58. The third-order valence-corrected chi connectivity index (χ3v) is 2.55. The molecule has 0 heterocycles. The third kappa shape index (κ3) is 2.78. The molecule has 1 atom stereocenters. The van der Waals surface area contributed by atoms with Crippen molar-refractivity contribution in [3.8, 4) is 0 Å². The summed E-state index contributed by atoms with van der Waals surface area (Å²) in [7, 11) is 2.73. The fourth-order valence-corrected chi connectivity index (χ4v) is 1.63. The summed E-state index contributed by atoms with van der Waals surface area (Å²) in [5, 5.41) is 0. The Morgan fingerprint density at radius 2 is 1.82 bits per heavy atom. The third-order valence-electron chi connectivity index (χ3n) is 2.55. The minimum atomic E-state index is -0.926. The summed E-state index contributed by atoms with van der Waals surface area (Å²) in [6, 6.07) is 1.61. The lowest BCUT2D eigenvalue weighted by Gasteiger charge is -2.25. The van der Waals surface area contributed by atoms with E-state index in [1.807, 2.05) is 0 Å². The molecule has 0 saturated carbocycles. The zero-order valence-electron chi connectivity index (χ0n) is 9.96. The molecule has 1 aromatic rings. The van der Waals surface area contributed by atoms with E-state index in [4.69, 9.17) is 15.3 Å². The Balaban J connectivity index is 3.24.